The maximum absolute atomic E-state index is 5.45. The van der Waals surface area contributed by atoms with Crippen molar-refractivity contribution in [2.75, 3.05) is 5.73 Å². The molecule has 0 aliphatic heterocycles. The van der Waals surface area contributed by atoms with Gasteiger partial charge in [-0.2, -0.15) is 0 Å². The Kier molecular flexibility index (Phi) is 2.28. The molecule has 1 heterocycles. The van der Waals surface area contributed by atoms with Crippen LogP contribution in [0.5, 0.6) is 0 Å². The number of rotatable bonds is 2. The number of nitrogens with one attached hydrogen (secondary N) is 1. The summed E-state index contributed by atoms with van der Waals surface area (Å²) < 4.78 is 0. The van der Waals surface area contributed by atoms with E-state index in [1.54, 1.807) is 6.20 Å². The molecule has 0 aromatic carbocycles. The Bertz CT molecular complexity index is 214. The van der Waals surface area contributed by atoms with Gasteiger partial charge in [0.15, 0.2) is 7.98 Å². The number of nitrogens with two attached hydrogens (primary N) is 1. The van der Waals surface area contributed by atoms with Crippen molar-refractivity contribution >= 4 is 13.8 Å². The number of anilines is 1. The van der Waals surface area contributed by atoms with Gasteiger partial charge in [0, 0.05) is 12.7 Å². The number of hydrogen-bond donors (Lipinski definition) is 2. The zero-order chi connectivity index (χ0) is 7.40. The number of nitrogen functional groups attached to an aromatic ring is 1. The first-order valence-corrected chi connectivity index (χ1v) is 3.18. The normalized spacial score (nSPS) is 9.60. The van der Waals surface area contributed by atoms with Crippen LogP contribution in [0.4, 0.5) is 5.82 Å². The molecule has 52 valence electrons. The van der Waals surface area contributed by atoms with Crippen LogP contribution in [-0.4, -0.2) is 13.0 Å². The lowest BCUT2D eigenvalue weighted by molar-refractivity contribution is 0.958. The molecule has 1 rings (SSSR count). The van der Waals surface area contributed by atoms with Crippen molar-refractivity contribution in [3.8, 4) is 0 Å². The molecule has 0 aliphatic rings. The molecule has 0 bridgehead atoms. The molecule has 0 amide bonds. The van der Waals surface area contributed by atoms with Gasteiger partial charge in [-0.1, -0.05) is 0 Å². The highest BCUT2D eigenvalue weighted by Gasteiger charge is 1.89. The first kappa shape index (κ1) is 7.09. The average molecular weight is 135 g/mol. The first-order valence-electron chi connectivity index (χ1n) is 3.18. The lowest BCUT2D eigenvalue weighted by Crippen LogP contribution is -2.07. The van der Waals surface area contributed by atoms with E-state index in [1.807, 2.05) is 20.1 Å². The monoisotopic (exact) mass is 135 g/mol. The highest BCUT2D eigenvalue weighted by atomic mass is 14.8. The SMILES string of the molecule is BNCc1ccnc(N)c1. The van der Waals surface area contributed by atoms with Crippen LogP contribution in [-0.2, 0) is 6.54 Å². The Hall–Kier alpha value is -1.03. The Labute approximate surface area is 61.1 Å². The van der Waals surface area contributed by atoms with E-state index in [0.29, 0.717) is 5.82 Å². The molecule has 3 nitrogen and oxygen atoms in total. The molecule has 0 atom stereocenters. The van der Waals surface area contributed by atoms with E-state index in [4.69, 9.17) is 5.73 Å². The molecule has 0 fully saturated rings. The van der Waals surface area contributed by atoms with Gasteiger partial charge < -0.3 is 11.0 Å². The van der Waals surface area contributed by atoms with Crippen molar-refractivity contribution in [3.05, 3.63) is 23.9 Å². The largest absolute Gasteiger partial charge is 0.384 e. The topological polar surface area (TPSA) is 50.9 Å². The third kappa shape index (κ3) is 1.74. The van der Waals surface area contributed by atoms with Gasteiger partial charge in [-0.05, 0) is 17.7 Å². The summed E-state index contributed by atoms with van der Waals surface area (Å²) in [7, 11) is 1.90. The molecule has 0 saturated carbocycles. The average Bonchev–Trinajstić information content (AvgIpc) is 1.88. The van der Waals surface area contributed by atoms with Crippen molar-refractivity contribution in [3.63, 3.8) is 0 Å². The lowest BCUT2D eigenvalue weighted by Gasteiger charge is -1.98. The third-order valence-electron chi connectivity index (χ3n) is 1.23. The van der Waals surface area contributed by atoms with E-state index in [9.17, 15) is 0 Å². The summed E-state index contributed by atoms with van der Waals surface area (Å²) in [6, 6.07) is 3.80. The Morgan fingerprint density at radius 2 is 2.50 bits per heavy atom. The third-order valence-corrected chi connectivity index (χ3v) is 1.23. The predicted molar refractivity (Wildman–Crippen MR) is 44.0 cm³/mol. The second-order valence-corrected chi connectivity index (χ2v) is 2.12. The van der Waals surface area contributed by atoms with Gasteiger partial charge in [-0.25, -0.2) is 4.98 Å². The van der Waals surface area contributed by atoms with Crippen LogP contribution < -0.4 is 11.0 Å². The van der Waals surface area contributed by atoms with Crippen LogP contribution in [0.15, 0.2) is 18.3 Å². The summed E-state index contributed by atoms with van der Waals surface area (Å²) >= 11 is 0. The number of aromatic nitrogens is 1. The molecule has 10 heavy (non-hydrogen) atoms. The zero-order valence-electron chi connectivity index (χ0n) is 5.96. The van der Waals surface area contributed by atoms with Crippen LogP contribution >= 0.6 is 0 Å². The molecular weight excluding hydrogens is 125 g/mol. The highest BCUT2D eigenvalue weighted by Crippen LogP contribution is 2.01. The van der Waals surface area contributed by atoms with Crippen LogP contribution in [0.1, 0.15) is 5.56 Å². The molecule has 0 aliphatic carbocycles. The second kappa shape index (κ2) is 3.22. The van der Waals surface area contributed by atoms with Crippen molar-refractivity contribution in [1.29, 1.82) is 0 Å². The summed E-state index contributed by atoms with van der Waals surface area (Å²) in [5.74, 6) is 0.577. The fourth-order valence-electron chi connectivity index (χ4n) is 0.808. The highest BCUT2D eigenvalue weighted by molar-refractivity contribution is 6.04. The standard InChI is InChI=1S/C6H10BN3/c7-10-4-5-1-2-9-6(8)3-5/h1-3,10H,4,7H2,(H2,8,9). The Balaban J connectivity index is 2.75. The van der Waals surface area contributed by atoms with Gasteiger partial charge in [-0.3, -0.25) is 0 Å². The smallest absolute Gasteiger partial charge is 0.182 e. The van der Waals surface area contributed by atoms with Gasteiger partial charge in [0.1, 0.15) is 5.82 Å². The number of nitrogens with zero attached hydrogens (tertiary/aromatic N) is 1. The molecule has 1 aromatic heterocycles. The van der Waals surface area contributed by atoms with Crippen LogP contribution in [0, 0.1) is 0 Å². The van der Waals surface area contributed by atoms with E-state index >= 15 is 0 Å². The molecule has 0 unspecified atom stereocenters. The van der Waals surface area contributed by atoms with Crippen LogP contribution in [0.3, 0.4) is 0 Å². The van der Waals surface area contributed by atoms with Crippen molar-refractivity contribution in [1.82, 2.24) is 10.2 Å². The van der Waals surface area contributed by atoms with Crippen LogP contribution in [0.2, 0.25) is 0 Å². The molecule has 4 heteroatoms. The zero-order valence-corrected chi connectivity index (χ0v) is 5.96. The van der Waals surface area contributed by atoms with E-state index in [0.717, 1.165) is 12.1 Å². The number of pyridine rings is 1. The van der Waals surface area contributed by atoms with Crippen molar-refractivity contribution < 1.29 is 0 Å². The van der Waals surface area contributed by atoms with E-state index in [1.165, 1.54) is 0 Å². The maximum Gasteiger partial charge on any atom is 0.182 e. The van der Waals surface area contributed by atoms with Gasteiger partial charge in [-0.15, -0.1) is 0 Å². The first-order chi connectivity index (χ1) is 4.83. The summed E-state index contributed by atoms with van der Waals surface area (Å²) in [5, 5.41) is 3.03. The molecule has 1 aromatic rings. The summed E-state index contributed by atoms with van der Waals surface area (Å²) in [6.45, 7) is 0.840. The minimum atomic E-state index is 0.577. The Morgan fingerprint density at radius 3 is 3.10 bits per heavy atom. The van der Waals surface area contributed by atoms with Gasteiger partial charge in [0.05, 0.1) is 0 Å². The lowest BCUT2D eigenvalue weighted by atomic mass is 10.2. The molecular formula is C6H10BN3. The minimum absolute atomic E-state index is 0.577. The fraction of sp³-hybridized carbons (Fsp3) is 0.167. The van der Waals surface area contributed by atoms with Gasteiger partial charge in [0.25, 0.3) is 0 Å². The summed E-state index contributed by atoms with van der Waals surface area (Å²) in [5.41, 5.74) is 6.61. The second-order valence-electron chi connectivity index (χ2n) is 2.12. The Morgan fingerprint density at radius 1 is 1.70 bits per heavy atom. The summed E-state index contributed by atoms with van der Waals surface area (Å²) in [4.78, 5) is 3.87. The maximum atomic E-state index is 5.45. The molecule has 0 spiro atoms. The van der Waals surface area contributed by atoms with Crippen molar-refractivity contribution in [2.24, 2.45) is 0 Å². The van der Waals surface area contributed by atoms with E-state index in [-0.39, 0.29) is 0 Å². The molecule has 0 saturated heterocycles. The molecule has 3 N–H and O–H groups in total. The quantitative estimate of drug-likeness (QED) is 0.527. The van der Waals surface area contributed by atoms with Crippen molar-refractivity contribution in [2.45, 2.75) is 6.54 Å². The van der Waals surface area contributed by atoms with Crippen LogP contribution in [0.25, 0.3) is 0 Å². The van der Waals surface area contributed by atoms with Gasteiger partial charge in [0.2, 0.25) is 0 Å². The van der Waals surface area contributed by atoms with Gasteiger partial charge >= 0.3 is 0 Å². The summed E-state index contributed by atoms with van der Waals surface area (Å²) in [6.07, 6.45) is 1.71. The predicted octanol–water partition coefficient (Wildman–Crippen LogP) is -0.699. The van der Waals surface area contributed by atoms with E-state index < -0.39 is 0 Å². The number of hydrogen-bond acceptors (Lipinski definition) is 3. The fourth-order valence-corrected chi connectivity index (χ4v) is 0.808. The molecule has 0 radical (unpaired) electrons. The van der Waals surface area contributed by atoms with E-state index in [2.05, 4.69) is 10.2 Å². The minimum Gasteiger partial charge on any atom is -0.384 e.